The molecule has 20 heavy (non-hydrogen) atoms. The molecule has 2 aliphatic carbocycles. The maximum absolute atomic E-state index is 12.0. The third-order valence-corrected chi connectivity index (χ3v) is 4.25. The minimum absolute atomic E-state index is 0.203. The number of carbonyl (C=O) groups excluding carboxylic acids is 2. The maximum atomic E-state index is 12.0. The SMILES string of the molecule is O=C(NC1CC1)c1ccsc1NC(=O)[C@@H]1C[C@@H]1[N+](=O)[O-]. The zero-order chi connectivity index (χ0) is 14.3. The summed E-state index contributed by atoms with van der Waals surface area (Å²) < 4.78 is 0. The van der Waals surface area contributed by atoms with Crippen molar-refractivity contribution in [3.05, 3.63) is 27.1 Å². The van der Waals surface area contributed by atoms with E-state index in [1.54, 1.807) is 11.4 Å². The lowest BCUT2D eigenvalue weighted by Crippen LogP contribution is -2.26. The van der Waals surface area contributed by atoms with Gasteiger partial charge in [0.1, 0.15) is 10.9 Å². The average molecular weight is 295 g/mol. The summed E-state index contributed by atoms with van der Waals surface area (Å²) in [7, 11) is 0. The molecule has 106 valence electrons. The first-order valence-corrected chi connectivity index (χ1v) is 7.27. The van der Waals surface area contributed by atoms with Crippen molar-refractivity contribution in [3.63, 3.8) is 0 Å². The van der Waals surface area contributed by atoms with E-state index in [0.717, 1.165) is 12.8 Å². The second kappa shape index (κ2) is 4.86. The standard InChI is InChI=1S/C12H13N3O4S/c16-10(13-6-1-2-6)7-3-4-20-12(7)14-11(17)8-5-9(8)15(18)19/h3-4,6,8-9H,1-2,5H2,(H,13,16)(H,14,17)/t8-,9+/m1/s1. The average Bonchev–Trinajstić information content (AvgIpc) is 3.29. The predicted molar refractivity (Wildman–Crippen MR) is 72.3 cm³/mol. The van der Waals surface area contributed by atoms with Crippen molar-refractivity contribution in [2.45, 2.75) is 31.3 Å². The van der Waals surface area contributed by atoms with Gasteiger partial charge in [0, 0.05) is 17.4 Å². The van der Waals surface area contributed by atoms with E-state index in [4.69, 9.17) is 0 Å². The van der Waals surface area contributed by atoms with E-state index in [-0.39, 0.29) is 24.3 Å². The van der Waals surface area contributed by atoms with Crippen LogP contribution in [0, 0.1) is 16.0 Å². The molecule has 3 rings (SSSR count). The van der Waals surface area contributed by atoms with Crippen LogP contribution in [0.4, 0.5) is 5.00 Å². The van der Waals surface area contributed by atoms with Crippen LogP contribution in [0.1, 0.15) is 29.6 Å². The predicted octanol–water partition coefficient (Wildman–Crippen LogP) is 1.24. The largest absolute Gasteiger partial charge is 0.349 e. The fraction of sp³-hybridized carbons (Fsp3) is 0.500. The van der Waals surface area contributed by atoms with Crippen LogP contribution in [0.5, 0.6) is 0 Å². The quantitative estimate of drug-likeness (QED) is 0.630. The van der Waals surface area contributed by atoms with Gasteiger partial charge in [0.25, 0.3) is 5.91 Å². The molecule has 2 fully saturated rings. The number of rotatable bonds is 5. The second-order valence-electron chi connectivity index (χ2n) is 5.10. The number of nitrogens with zero attached hydrogens (tertiary/aromatic N) is 1. The molecule has 2 atom stereocenters. The lowest BCUT2D eigenvalue weighted by Gasteiger charge is -2.06. The Morgan fingerprint density at radius 3 is 2.75 bits per heavy atom. The van der Waals surface area contributed by atoms with E-state index in [9.17, 15) is 19.7 Å². The highest BCUT2D eigenvalue weighted by molar-refractivity contribution is 7.14. The highest BCUT2D eigenvalue weighted by Gasteiger charge is 2.53. The zero-order valence-electron chi connectivity index (χ0n) is 10.5. The number of hydrogen-bond acceptors (Lipinski definition) is 5. The maximum Gasteiger partial charge on any atom is 0.254 e. The van der Waals surface area contributed by atoms with Gasteiger partial charge in [0.15, 0.2) is 0 Å². The fourth-order valence-electron chi connectivity index (χ4n) is 1.98. The first kappa shape index (κ1) is 13.0. The monoisotopic (exact) mass is 295 g/mol. The molecular formula is C12H13N3O4S. The molecule has 0 aromatic carbocycles. The van der Waals surface area contributed by atoms with Crippen LogP contribution in [0.25, 0.3) is 0 Å². The minimum atomic E-state index is -0.779. The number of thiophene rings is 1. The molecular weight excluding hydrogens is 282 g/mol. The van der Waals surface area contributed by atoms with Crippen molar-refractivity contribution in [3.8, 4) is 0 Å². The lowest BCUT2D eigenvalue weighted by atomic mass is 10.3. The van der Waals surface area contributed by atoms with Gasteiger partial charge >= 0.3 is 0 Å². The van der Waals surface area contributed by atoms with E-state index in [1.165, 1.54) is 11.3 Å². The van der Waals surface area contributed by atoms with E-state index >= 15 is 0 Å². The summed E-state index contributed by atoms with van der Waals surface area (Å²) in [6.45, 7) is 0. The van der Waals surface area contributed by atoms with Gasteiger partial charge in [-0.05, 0) is 24.3 Å². The Morgan fingerprint density at radius 2 is 2.15 bits per heavy atom. The molecule has 0 radical (unpaired) electrons. The third kappa shape index (κ3) is 2.64. The summed E-state index contributed by atoms with van der Waals surface area (Å²) in [6.07, 6.45) is 2.25. The van der Waals surface area contributed by atoms with Crippen molar-refractivity contribution in [2.24, 2.45) is 5.92 Å². The van der Waals surface area contributed by atoms with E-state index in [0.29, 0.717) is 10.6 Å². The molecule has 0 unspecified atom stereocenters. The number of nitro groups is 1. The molecule has 8 heteroatoms. The third-order valence-electron chi connectivity index (χ3n) is 3.42. The summed E-state index contributed by atoms with van der Waals surface area (Å²) in [4.78, 5) is 33.9. The molecule has 2 N–H and O–H groups in total. The Labute approximate surface area is 118 Å². The highest BCUT2D eigenvalue weighted by atomic mass is 32.1. The molecule has 1 heterocycles. The first-order valence-electron chi connectivity index (χ1n) is 6.39. The van der Waals surface area contributed by atoms with Gasteiger partial charge in [-0.1, -0.05) is 0 Å². The molecule has 0 spiro atoms. The van der Waals surface area contributed by atoms with Crippen molar-refractivity contribution < 1.29 is 14.5 Å². The Kier molecular flexibility index (Phi) is 3.17. The molecule has 2 aliphatic rings. The van der Waals surface area contributed by atoms with Crippen molar-refractivity contribution >= 4 is 28.2 Å². The fourth-order valence-corrected chi connectivity index (χ4v) is 2.76. The van der Waals surface area contributed by atoms with Gasteiger partial charge in [0.05, 0.1) is 5.56 Å². The molecule has 0 bridgehead atoms. The Balaban J connectivity index is 1.63. The van der Waals surface area contributed by atoms with Crippen LogP contribution in [0.15, 0.2) is 11.4 Å². The summed E-state index contributed by atoms with van der Waals surface area (Å²) in [5.74, 6) is -1.16. The molecule has 1 aromatic heterocycles. The summed E-state index contributed by atoms with van der Waals surface area (Å²) in [5, 5.41) is 18.2. The minimum Gasteiger partial charge on any atom is -0.349 e. The number of anilines is 1. The van der Waals surface area contributed by atoms with Gasteiger partial charge in [0.2, 0.25) is 11.9 Å². The molecule has 0 aliphatic heterocycles. The van der Waals surface area contributed by atoms with E-state index in [1.807, 2.05) is 0 Å². The van der Waals surface area contributed by atoms with Crippen molar-refractivity contribution in [2.75, 3.05) is 5.32 Å². The lowest BCUT2D eigenvalue weighted by molar-refractivity contribution is -0.497. The van der Waals surface area contributed by atoms with Crippen LogP contribution in [0.3, 0.4) is 0 Å². The van der Waals surface area contributed by atoms with E-state index in [2.05, 4.69) is 10.6 Å². The Morgan fingerprint density at radius 1 is 1.40 bits per heavy atom. The number of carbonyl (C=O) groups is 2. The summed E-state index contributed by atoms with van der Waals surface area (Å²) in [6, 6.07) is 1.11. The van der Waals surface area contributed by atoms with Crippen LogP contribution >= 0.6 is 11.3 Å². The van der Waals surface area contributed by atoms with Crippen LogP contribution in [-0.2, 0) is 4.79 Å². The van der Waals surface area contributed by atoms with Crippen molar-refractivity contribution in [1.29, 1.82) is 0 Å². The highest BCUT2D eigenvalue weighted by Crippen LogP contribution is 2.35. The zero-order valence-corrected chi connectivity index (χ0v) is 11.3. The van der Waals surface area contributed by atoms with Gasteiger partial charge in [-0.2, -0.15) is 0 Å². The van der Waals surface area contributed by atoms with Gasteiger partial charge in [-0.25, -0.2) is 0 Å². The summed E-state index contributed by atoms with van der Waals surface area (Å²) in [5.41, 5.74) is 0.425. The topological polar surface area (TPSA) is 101 Å². The van der Waals surface area contributed by atoms with Crippen LogP contribution in [0.2, 0.25) is 0 Å². The summed E-state index contributed by atoms with van der Waals surface area (Å²) >= 11 is 1.25. The Hall–Kier alpha value is -1.96. The van der Waals surface area contributed by atoms with E-state index < -0.39 is 16.9 Å². The van der Waals surface area contributed by atoms with Crippen LogP contribution < -0.4 is 10.6 Å². The van der Waals surface area contributed by atoms with Crippen molar-refractivity contribution in [1.82, 2.24) is 5.32 Å². The second-order valence-corrected chi connectivity index (χ2v) is 6.01. The van der Waals surface area contributed by atoms with Gasteiger partial charge in [-0.3, -0.25) is 19.7 Å². The first-order chi connectivity index (χ1) is 9.56. The molecule has 2 saturated carbocycles. The Bertz CT molecular complexity index is 581. The molecule has 7 nitrogen and oxygen atoms in total. The molecule has 2 amide bonds. The number of amides is 2. The smallest absolute Gasteiger partial charge is 0.254 e. The number of nitrogens with one attached hydrogen (secondary N) is 2. The van der Waals surface area contributed by atoms with Gasteiger partial charge < -0.3 is 10.6 Å². The van der Waals surface area contributed by atoms with Gasteiger partial charge in [-0.15, -0.1) is 11.3 Å². The molecule has 1 aromatic rings. The normalized spacial score (nSPS) is 24.0. The molecule has 0 saturated heterocycles. The number of hydrogen-bond donors (Lipinski definition) is 2. The van der Waals surface area contributed by atoms with Crippen LogP contribution in [-0.4, -0.2) is 28.8 Å².